The first-order chi connectivity index (χ1) is 8.83. The highest BCUT2D eigenvalue weighted by Gasteiger charge is 2.34. The van der Waals surface area contributed by atoms with Crippen molar-refractivity contribution in [3.8, 4) is 0 Å². The Kier molecular flexibility index (Phi) is 3.57. The van der Waals surface area contributed by atoms with Crippen molar-refractivity contribution in [3.05, 3.63) is 35.9 Å². The molecule has 1 aromatic carbocycles. The average molecular weight is 262 g/mol. The molecule has 2 heterocycles. The summed E-state index contributed by atoms with van der Waals surface area (Å²) < 4.78 is 0. The Morgan fingerprint density at radius 1 is 1.33 bits per heavy atom. The molecule has 0 aliphatic carbocycles. The molecule has 2 atom stereocenters. The van der Waals surface area contributed by atoms with Gasteiger partial charge in [0.25, 0.3) is 0 Å². The maximum absolute atomic E-state index is 9.67. The number of hydrogen-bond donors (Lipinski definition) is 1. The molecule has 2 saturated heterocycles. The molecular formula is C14H18N2OS. The van der Waals surface area contributed by atoms with E-state index in [0.717, 1.165) is 36.9 Å². The summed E-state index contributed by atoms with van der Waals surface area (Å²) >= 11 is 1.83. The van der Waals surface area contributed by atoms with Crippen LogP contribution < -0.4 is 0 Å². The number of amidine groups is 1. The van der Waals surface area contributed by atoms with Crippen LogP contribution in [0.4, 0.5) is 0 Å². The maximum Gasteiger partial charge on any atom is 0.159 e. The molecule has 0 amide bonds. The lowest BCUT2D eigenvalue weighted by Gasteiger charge is -2.33. The van der Waals surface area contributed by atoms with Gasteiger partial charge in [0.15, 0.2) is 5.17 Å². The number of thioether (sulfide) groups is 1. The fraction of sp³-hybridized carbons (Fsp3) is 0.500. The van der Waals surface area contributed by atoms with E-state index >= 15 is 0 Å². The quantitative estimate of drug-likeness (QED) is 0.887. The third-order valence-electron chi connectivity index (χ3n) is 3.58. The van der Waals surface area contributed by atoms with E-state index < -0.39 is 0 Å². The molecule has 0 saturated carbocycles. The summed E-state index contributed by atoms with van der Waals surface area (Å²) in [4.78, 5) is 7.10. The van der Waals surface area contributed by atoms with Crippen molar-refractivity contribution < 1.29 is 5.11 Å². The van der Waals surface area contributed by atoms with Crippen LogP contribution in [-0.4, -0.2) is 39.6 Å². The summed E-state index contributed by atoms with van der Waals surface area (Å²) in [6, 6.07) is 10.9. The number of aliphatic imine (C=N–C) groups is 1. The molecule has 0 spiro atoms. The van der Waals surface area contributed by atoms with Gasteiger partial charge in [-0.15, -0.1) is 0 Å². The summed E-state index contributed by atoms with van der Waals surface area (Å²) in [6.45, 7) is 1.71. The summed E-state index contributed by atoms with van der Waals surface area (Å²) in [6.07, 6.45) is 1.67. The van der Waals surface area contributed by atoms with E-state index in [1.54, 1.807) is 0 Å². The maximum atomic E-state index is 9.67. The molecule has 0 aromatic heterocycles. The van der Waals surface area contributed by atoms with Crippen LogP contribution in [0.1, 0.15) is 18.4 Å². The fourth-order valence-electron chi connectivity index (χ4n) is 2.57. The van der Waals surface area contributed by atoms with Gasteiger partial charge in [-0.1, -0.05) is 42.1 Å². The van der Waals surface area contributed by atoms with Crippen LogP contribution in [-0.2, 0) is 6.54 Å². The van der Waals surface area contributed by atoms with Gasteiger partial charge < -0.3 is 10.0 Å². The molecule has 3 nitrogen and oxygen atoms in total. The smallest absolute Gasteiger partial charge is 0.159 e. The Labute approximate surface area is 112 Å². The van der Waals surface area contributed by atoms with E-state index in [1.165, 1.54) is 5.56 Å². The molecule has 0 bridgehead atoms. The van der Waals surface area contributed by atoms with Crippen molar-refractivity contribution in [2.45, 2.75) is 31.5 Å². The summed E-state index contributed by atoms with van der Waals surface area (Å²) in [5.74, 6) is 1.07. The highest BCUT2D eigenvalue weighted by Crippen LogP contribution is 2.31. The molecule has 1 aromatic rings. The zero-order valence-electron chi connectivity index (χ0n) is 10.3. The van der Waals surface area contributed by atoms with E-state index in [1.807, 2.05) is 17.8 Å². The zero-order chi connectivity index (χ0) is 12.4. The third kappa shape index (κ3) is 2.54. The van der Waals surface area contributed by atoms with Crippen LogP contribution in [0.3, 0.4) is 0 Å². The second-order valence-corrected chi connectivity index (χ2v) is 5.91. The molecule has 1 N–H and O–H groups in total. The zero-order valence-corrected chi connectivity index (χ0v) is 11.1. The van der Waals surface area contributed by atoms with Crippen molar-refractivity contribution in [2.24, 2.45) is 4.99 Å². The lowest BCUT2D eigenvalue weighted by molar-refractivity contribution is 0.0863. The van der Waals surface area contributed by atoms with E-state index in [0.29, 0.717) is 6.04 Å². The van der Waals surface area contributed by atoms with Crippen molar-refractivity contribution >= 4 is 16.9 Å². The molecule has 18 heavy (non-hydrogen) atoms. The van der Waals surface area contributed by atoms with Gasteiger partial charge in [0, 0.05) is 18.3 Å². The van der Waals surface area contributed by atoms with Crippen molar-refractivity contribution in [1.82, 2.24) is 4.90 Å². The number of fused-ring (bicyclic) bond motifs is 1. The van der Waals surface area contributed by atoms with E-state index in [2.05, 4.69) is 29.2 Å². The van der Waals surface area contributed by atoms with Gasteiger partial charge in [-0.25, -0.2) is 0 Å². The predicted octanol–water partition coefficient (Wildman–Crippen LogP) is 2.11. The Bertz CT molecular complexity index is 435. The monoisotopic (exact) mass is 262 g/mol. The van der Waals surface area contributed by atoms with Gasteiger partial charge in [0.1, 0.15) is 0 Å². The first kappa shape index (κ1) is 12.1. The SMILES string of the molecule is OC1CCN2C(=NCc3ccccc3)SCC2C1. The summed E-state index contributed by atoms with van der Waals surface area (Å²) in [5, 5.41) is 10.8. The fourth-order valence-corrected chi connectivity index (χ4v) is 3.79. The van der Waals surface area contributed by atoms with Gasteiger partial charge >= 0.3 is 0 Å². The number of rotatable bonds is 2. The van der Waals surface area contributed by atoms with Gasteiger partial charge in [0.2, 0.25) is 0 Å². The minimum atomic E-state index is -0.111. The highest BCUT2D eigenvalue weighted by atomic mass is 32.2. The van der Waals surface area contributed by atoms with E-state index in [4.69, 9.17) is 4.99 Å². The van der Waals surface area contributed by atoms with Crippen LogP contribution >= 0.6 is 11.8 Å². The normalized spacial score (nSPS) is 29.6. The standard InChI is InChI=1S/C14H18N2OS/c17-13-6-7-16-12(8-13)10-18-14(16)15-9-11-4-2-1-3-5-11/h1-5,12-13,17H,6-10H2. The number of aliphatic hydroxyl groups excluding tert-OH is 1. The number of aliphatic hydroxyl groups is 1. The number of piperidine rings is 1. The van der Waals surface area contributed by atoms with Crippen molar-refractivity contribution in [1.29, 1.82) is 0 Å². The van der Waals surface area contributed by atoms with Crippen LogP contribution in [0.5, 0.6) is 0 Å². The lowest BCUT2D eigenvalue weighted by atomic mass is 10.0. The molecule has 2 unspecified atom stereocenters. The third-order valence-corrected chi connectivity index (χ3v) is 4.75. The van der Waals surface area contributed by atoms with Crippen LogP contribution in [0, 0.1) is 0 Å². The first-order valence-electron chi connectivity index (χ1n) is 6.49. The number of hydrogen-bond acceptors (Lipinski definition) is 3. The van der Waals surface area contributed by atoms with Crippen LogP contribution in [0.25, 0.3) is 0 Å². The molecule has 0 radical (unpaired) electrons. The van der Waals surface area contributed by atoms with Crippen molar-refractivity contribution in [2.75, 3.05) is 12.3 Å². The molecule has 2 aliphatic rings. The summed E-state index contributed by atoms with van der Waals surface area (Å²) in [7, 11) is 0. The van der Waals surface area contributed by atoms with Gasteiger partial charge in [-0.2, -0.15) is 0 Å². The Morgan fingerprint density at radius 3 is 3.00 bits per heavy atom. The Morgan fingerprint density at radius 2 is 2.17 bits per heavy atom. The topological polar surface area (TPSA) is 35.8 Å². The molecule has 96 valence electrons. The van der Waals surface area contributed by atoms with Gasteiger partial charge in [-0.05, 0) is 18.4 Å². The number of benzene rings is 1. The molecule has 4 heteroatoms. The van der Waals surface area contributed by atoms with Gasteiger partial charge in [0.05, 0.1) is 12.6 Å². The second-order valence-electron chi connectivity index (χ2n) is 4.92. The molecule has 2 aliphatic heterocycles. The van der Waals surface area contributed by atoms with Crippen molar-refractivity contribution in [3.63, 3.8) is 0 Å². The largest absolute Gasteiger partial charge is 0.393 e. The van der Waals surface area contributed by atoms with Gasteiger partial charge in [-0.3, -0.25) is 4.99 Å². The van der Waals surface area contributed by atoms with Crippen LogP contribution in [0.2, 0.25) is 0 Å². The lowest BCUT2D eigenvalue weighted by Crippen LogP contribution is -2.43. The molecule has 2 fully saturated rings. The minimum Gasteiger partial charge on any atom is -0.393 e. The predicted molar refractivity (Wildman–Crippen MR) is 75.8 cm³/mol. The van der Waals surface area contributed by atoms with E-state index in [-0.39, 0.29) is 6.10 Å². The molecular weight excluding hydrogens is 244 g/mol. The first-order valence-corrected chi connectivity index (χ1v) is 7.47. The van der Waals surface area contributed by atoms with E-state index in [9.17, 15) is 5.11 Å². The molecule has 3 rings (SSSR count). The minimum absolute atomic E-state index is 0.111. The average Bonchev–Trinajstić information content (AvgIpc) is 2.80. The summed E-state index contributed by atoms with van der Waals surface area (Å²) in [5.41, 5.74) is 1.26. The highest BCUT2D eigenvalue weighted by molar-refractivity contribution is 8.14. The number of nitrogens with zero attached hydrogens (tertiary/aromatic N) is 2. The Hall–Kier alpha value is -1.00. The van der Waals surface area contributed by atoms with Crippen LogP contribution in [0.15, 0.2) is 35.3 Å². The Balaban J connectivity index is 1.67. The second kappa shape index (κ2) is 5.33.